The maximum atomic E-state index is 5.79. The van der Waals surface area contributed by atoms with Crippen LogP contribution in [0.3, 0.4) is 0 Å². The van der Waals surface area contributed by atoms with Crippen LogP contribution in [-0.2, 0) is 6.54 Å². The maximum Gasteiger partial charge on any atom is 0.0317 e. The molecule has 1 aliphatic heterocycles. The summed E-state index contributed by atoms with van der Waals surface area (Å²) in [6.07, 6.45) is 0. The van der Waals surface area contributed by atoms with Gasteiger partial charge in [-0.2, -0.15) is 0 Å². The number of nitrogen functional groups attached to an aromatic ring is 1. The number of hydrogen-bond acceptors (Lipinski definition) is 2. The summed E-state index contributed by atoms with van der Waals surface area (Å²) in [4.78, 5) is 2.56. The number of rotatable bonds is 2. The second-order valence-electron chi connectivity index (χ2n) is 5.97. The summed E-state index contributed by atoms with van der Waals surface area (Å²) in [5, 5.41) is 0. The van der Waals surface area contributed by atoms with Gasteiger partial charge in [-0.3, -0.25) is 4.90 Å². The highest BCUT2D eigenvalue weighted by Crippen LogP contribution is 2.62. The summed E-state index contributed by atoms with van der Waals surface area (Å²) in [6.45, 7) is 8.41. The molecule has 86 valence electrons. The van der Waals surface area contributed by atoms with Gasteiger partial charge >= 0.3 is 0 Å². The van der Waals surface area contributed by atoms with E-state index in [0.717, 1.165) is 24.1 Å². The van der Waals surface area contributed by atoms with Gasteiger partial charge in [-0.15, -0.1) is 0 Å². The van der Waals surface area contributed by atoms with Gasteiger partial charge in [-0.1, -0.05) is 26.0 Å². The quantitative estimate of drug-likeness (QED) is 0.769. The fraction of sp³-hybridized carbons (Fsp3) is 0.571. The summed E-state index contributed by atoms with van der Waals surface area (Å²) >= 11 is 0. The molecule has 0 spiro atoms. The molecule has 3 rings (SSSR count). The molecular formula is C14H20N2. The van der Waals surface area contributed by atoms with E-state index in [-0.39, 0.29) is 0 Å². The molecule has 1 saturated carbocycles. The van der Waals surface area contributed by atoms with E-state index in [2.05, 4.69) is 30.9 Å². The molecule has 2 aliphatic rings. The molecule has 1 aromatic carbocycles. The van der Waals surface area contributed by atoms with E-state index in [4.69, 9.17) is 5.73 Å². The topological polar surface area (TPSA) is 29.3 Å². The Morgan fingerprint density at radius 1 is 1.31 bits per heavy atom. The Morgan fingerprint density at radius 2 is 2.00 bits per heavy atom. The van der Waals surface area contributed by atoms with Gasteiger partial charge in [0.15, 0.2) is 0 Å². The molecule has 0 radical (unpaired) electrons. The predicted molar refractivity (Wildman–Crippen MR) is 66.9 cm³/mol. The second kappa shape index (κ2) is 3.24. The Balaban J connectivity index is 1.62. The van der Waals surface area contributed by atoms with Gasteiger partial charge < -0.3 is 5.73 Å². The highest BCUT2D eigenvalue weighted by atomic mass is 15.2. The zero-order chi connectivity index (χ0) is 11.3. The number of fused-ring (bicyclic) bond motifs is 1. The Kier molecular flexibility index (Phi) is 2.05. The van der Waals surface area contributed by atoms with Crippen LogP contribution < -0.4 is 5.73 Å². The zero-order valence-corrected chi connectivity index (χ0v) is 10.1. The molecule has 16 heavy (non-hydrogen) atoms. The summed E-state index contributed by atoms with van der Waals surface area (Å²) in [5.74, 6) is 1.88. The molecule has 2 nitrogen and oxygen atoms in total. The van der Waals surface area contributed by atoms with Crippen molar-refractivity contribution in [1.82, 2.24) is 4.90 Å². The van der Waals surface area contributed by atoms with Gasteiger partial charge in [-0.05, 0) is 34.9 Å². The van der Waals surface area contributed by atoms with Crippen molar-refractivity contribution in [2.24, 2.45) is 17.3 Å². The molecule has 2 N–H and O–H groups in total. The van der Waals surface area contributed by atoms with Gasteiger partial charge in [0.2, 0.25) is 0 Å². The van der Waals surface area contributed by atoms with Crippen LogP contribution in [0.5, 0.6) is 0 Å². The Labute approximate surface area is 97.4 Å². The molecular weight excluding hydrogens is 196 g/mol. The molecule has 0 aromatic heterocycles. The van der Waals surface area contributed by atoms with Crippen molar-refractivity contribution in [2.75, 3.05) is 18.8 Å². The van der Waals surface area contributed by atoms with Gasteiger partial charge in [0.1, 0.15) is 0 Å². The van der Waals surface area contributed by atoms with E-state index >= 15 is 0 Å². The molecule has 1 aliphatic carbocycles. The summed E-state index contributed by atoms with van der Waals surface area (Å²) in [7, 11) is 0. The second-order valence-corrected chi connectivity index (χ2v) is 5.97. The fourth-order valence-corrected chi connectivity index (χ4v) is 3.29. The van der Waals surface area contributed by atoms with Crippen molar-refractivity contribution in [1.29, 1.82) is 0 Å². The lowest BCUT2D eigenvalue weighted by Gasteiger charge is -2.21. The monoisotopic (exact) mass is 216 g/mol. The minimum atomic E-state index is 0.617. The third kappa shape index (κ3) is 1.52. The van der Waals surface area contributed by atoms with Crippen LogP contribution in [0.1, 0.15) is 19.4 Å². The van der Waals surface area contributed by atoms with E-state index in [1.54, 1.807) is 0 Å². The lowest BCUT2D eigenvalue weighted by atomic mass is 10.1. The van der Waals surface area contributed by atoms with Crippen molar-refractivity contribution in [3.8, 4) is 0 Å². The van der Waals surface area contributed by atoms with Crippen LogP contribution in [0.25, 0.3) is 0 Å². The number of nitrogens with two attached hydrogens (primary N) is 1. The molecule has 0 bridgehead atoms. The number of nitrogens with zero attached hydrogens (tertiary/aromatic N) is 1. The zero-order valence-electron chi connectivity index (χ0n) is 10.1. The maximum absolute atomic E-state index is 5.79. The van der Waals surface area contributed by atoms with Crippen molar-refractivity contribution in [3.63, 3.8) is 0 Å². The lowest BCUT2D eigenvalue weighted by molar-refractivity contribution is 0.251. The normalized spacial score (nSPS) is 31.4. The Bertz CT molecular complexity index is 397. The highest BCUT2D eigenvalue weighted by Gasteiger charge is 2.61. The van der Waals surface area contributed by atoms with Crippen molar-refractivity contribution < 1.29 is 0 Å². The number of hydrogen-bond donors (Lipinski definition) is 1. The summed E-state index contributed by atoms with van der Waals surface area (Å²) in [5.41, 5.74) is 8.63. The smallest absolute Gasteiger partial charge is 0.0317 e. The minimum absolute atomic E-state index is 0.617. The van der Waals surface area contributed by atoms with Crippen LogP contribution in [0.2, 0.25) is 0 Å². The van der Waals surface area contributed by atoms with Crippen LogP contribution in [-0.4, -0.2) is 18.0 Å². The molecule has 1 heterocycles. The summed E-state index contributed by atoms with van der Waals surface area (Å²) in [6, 6.07) is 8.26. The molecule has 1 aromatic rings. The van der Waals surface area contributed by atoms with Crippen molar-refractivity contribution in [3.05, 3.63) is 29.8 Å². The van der Waals surface area contributed by atoms with Gasteiger partial charge in [0, 0.05) is 25.3 Å². The van der Waals surface area contributed by atoms with Crippen LogP contribution in [0.4, 0.5) is 5.69 Å². The molecule has 2 unspecified atom stereocenters. The van der Waals surface area contributed by atoms with E-state index in [9.17, 15) is 0 Å². The fourth-order valence-electron chi connectivity index (χ4n) is 3.29. The van der Waals surface area contributed by atoms with E-state index in [1.807, 2.05) is 12.1 Å². The number of anilines is 1. The standard InChI is InChI=1S/C14H20N2/c1-14(2)12-8-16(9-13(12)14)7-10-4-3-5-11(15)6-10/h3-6,12-13H,7-9,15H2,1-2H3. The number of piperidine rings is 1. The average Bonchev–Trinajstić information content (AvgIpc) is 2.63. The molecule has 2 atom stereocenters. The first kappa shape index (κ1) is 10.2. The van der Waals surface area contributed by atoms with Crippen LogP contribution >= 0.6 is 0 Å². The van der Waals surface area contributed by atoms with Gasteiger partial charge in [-0.25, -0.2) is 0 Å². The average molecular weight is 216 g/mol. The van der Waals surface area contributed by atoms with Crippen LogP contribution in [0.15, 0.2) is 24.3 Å². The van der Waals surface area contributed by atoms with E-state index < -0.39 is 0 Å². The Hall–Kier alpha value is -1.02. The SMILES string of the molecule is CC1(C)C2CN(Cc3cccc(N)c3)CC21. The molecule has 2 fully saturated rings. The van der Waals surface area contributed by atoms with Gasteiger partial charge in [0.05, 0.1) is 0 Å². The largest absolute Gasteiger partial charge is 0.399 e. The predicted octanol–water partition coefficient (Wildman–Crippen LogP) is 2.36. The van der Waals surface area contributed by atoms with E-state index in [0.29, 0.717) is 5.41 Å². The first-order valence-electron chi connectivity index (χ1n) is 6.14. The van der Waals surface area contributed by atoms with Crippen molar-refractivity contribution >= 4 is 5.69 Å². The number of benzene rings is 1. The van der Waals surface area contributed by atoms with Crippen LogP contribution in [0, 0.1) is 17.3 Å². The first-order chi connectivity index (χ1) is 7.57. The third-order valence-electron chi connectivity index (χ3n) is 4.55. The third-order valence-corrected chi connectivity index (χ3v) is 4.55. The minimum Gasteiger partial charge on any atom is -0.399 e. The molecule has 1 saturated heterocycles. The molecule has 2 heteroatoms. The lowest BCUT2D eigenvalue weighted by Crippen LogP contribution is -2.26. The van der Waals surface area contributed by atoms with Gasteiger partial charge in [0.25, 0.3) is 0 Å². The van der Waals surface area contributed by atoms with E-state index in [1.165, 1.54) is 18.7 Å². The van der Waals surface area contributed by atoms with Crippen molar-refractivity contribution in [2.45, 2.75) is 20.4 Å². The highest BCUT2D eigenvalue weighted by molar-refractivity contribution is 5.40. The number of likely N-dealkylation sites (tertiary alicyclic amines) is 1. The molecule has 0 amide bonds. The first-order valence-corrected chi connectivity index (χ1v) is 6.14. The Morgan fingerprint density at radius 3 is 2.62 bits per heavy atom. The summed E-state index contributed by atoms with van der Waals surface area (Å²) < 4.78 is 0.